The highest BCUT2D eigenvalue weighted by Crippen LogP contribution is 2.43. The van der Waals surface area contributed by atoms with Crippen LogP contribution in [-0.4, -0.2) is 11.1 Å². The van der Waals surface area contributed by atoms with Gasteiger partial charge in [0.2, 0.25) is 0 Å². The minimum absolute atomic E-state index is 0.0744. The summed E-state index contributed by atoms with van der Waals surface area (Å²) in [6.45, 7) is 11.0. The Balaban J connectivity index is 2.64. The van der Waals surface area contributed by atoms with Gasteiger partial charge in [0.25, 0.3) is 0 Å². The molecular formula is C18H24O2. The van der Waals surface area contributed by atoms with Crippen molar-refractivity contribution >= 4 is 11.5 Å². The fourth-order valence-corrected chi connectivity index (χ4v) is 2.88. The molecule has 0 aromatic heterocycles. The van der Waals surface area contributed by atoms with Crippen LogP contribution in [0.15, 0.2) is 24.3 Å². The van der Waals surface area contributed by atoms with Gasteiger partial charge in [-0.15, -0.1) is 0 Å². The lowest BCUT2D eigenvalue weighted by Crippen LogP contribution is -2.24. The summed E-state index contributed by atoms with van der Waals surface area (Å²) in [6.07, 6.45) is 3.20. The second-order valence-corrected chi connectivity index (χ2v) is 7.40. The Labute approximate surface area is 121 Å². The smallest absolute Gasteiger partial charge is 0.328 e. The molecule has 0 fully saturated rings. The number of aliphatic carboxylic acids is 1. The number of hydrogen-bond donors (Lipinski definition) is 1. The van der Waals surface area contributed by atoms with E-state index in [4.69, 9.17) is 5.11 Å². The zero-order valence-corrected chi connectivity index (χ0v) is 13.1. The van der Waals surface area contributed by atoms with E-state index in [-0.39, 0.29) is 10.8 Å². The fourth-order valence-electron chi connectivity index (χ4n) is 2.88. The van der Waals surface area contributed by atoms with Crippen LogP contribution >= 0.6 is 0 Å². The molecule has 1 aliphatic rings. The molecule has 1 aliphatic carbocycles. The summed E-state index contributed by atoms with van der Waals surface area (Å²) in [5.74, 6) is -0.855. The van der Waals surface area contributed by atoms with E-state index < -0.39 is 5.97 Å². The molecule has 0 unspecified atom stereocenters. The molecule has 0 atom stereocenters. The van der Waals surface area contributed by atoms with Gasteiger partial charge < -0.3 is 5.11 Å². The summed E-state index contributed by atoms with van der Waals surface area (Å²) >= 11 is 0. The predicted molar refractivity (Wildman–Crippen MR) is 83.0 cm³/mol. The Hall–Kier alpha value is -1.57. The molecule has 1 aromatic carbocycles. The lowest BCUT2D eigenvalue weighted by atomic mass is 9.69. The molecule has 0 spiro atoms. The zero-order chi connectivity index (χ0) is 15.1. The van der Waals surface area contributed by atoms with Crippen molar-refractivity contribution in [2.45, 2.75) is 58.3 Å². The van der Waals surface area contributed by atoms with Crippen LogP contribution in [-0.2, 0) is 15.6 Å². The van der Waals surface area contributed by atoms with E-state index in [1.54, 1.807) is 0 Å². The quantitative estimate of drug-likeness (QED) is 0.763. The second kappa shape index (κ2) is 4.76. The number of hydrogen-bond acceptors (Lipinski definition) is 1. The van der Waals surface area contributed by atoms with E-state index in [0.717, 1.165) is 24.0 Å². The van der Waals surface area contributed by atoms with Crippen molar-refractivity contribution in [2.75, 3.05) is 0 Å². The van der Waals surface area contributed by atoms with Crippen molar-refractivity contribution in [1.82, 2.24) is 0 Å². The normalized spacial score (nSPS) is 19.8. The van der Waals surface area contributed by atoms with Crippen molar-refractivity contribution in [1.29, 1.82) is 0 Å². The topological polar surface area (TPSA) is 37.3 Å². The highest BCUT2D eigenvalue weighted by atomic mass is 16.4. The maximum Gasteiger partial charge on any atom is 0.328 e. The highest BCUT2D eigenvalue weighted by molar-refractivity contribution is 5.91. The molecular weight excluding hydrogens is 248 g/mol. The third-order valence-corrected chi connectivity index (χ3v) is 4.28. The Morgan fingerprint density at radius 3 is 2.50 bits per heavy atom. The molecule has 0 bridgehead atoms. The van der Waals surface area contributed by atoms with Crippen LogP contribution < -0.4 is 0 Å². The van der Waals surface area contributed by atoms with Crippen LogP contribution in [0.25, 0.3) is 5.57 Å². The molecule has 0 heterocycles. The molecule has 0 saturated carbocycles. The molecule has 2 rings (SSSR count). The van der Waals surface area contributed by atoms with Crippen LogP contribution in [0.4, 0.5) is 0 Å². The largest absolute Gasteiger partial charge is 0.478 e. The van der Waals surface area contributed by atoms with E-state index in [0.29, 0.717) is 0 Å². The SMILES string of the molecule is CC(C)(C)c1ccc2c(c1)/C(=C/C(=O)O)CCC2(C)C. The molecule has 0 saturated heterocycles. The molecule has 0 aliphatic heterocycles. The Morgan fingerprint density at radius 2 is 1.95 bits per heavy atom. The molecule has 108 valence electrons. The summed E-state index contributed by atoms with van der Waals surface area (Å²) in [6, 6.07) is 6.56. The van der Waals surface area contributed by atoms with Crippen LogP contribution in [0.3, 0.4) is 0 Å². The fraction of sp³-hybridized carbons (Fsp3) is 0.500. The molecule has 20 heavy (non-hydrogen) atoms. The number of carbonyl (C=O) groups is 1. The van der Waals surface area contributed by atoms with Gasteiger partial charge in [0.05, 0.1) is 0 Å². The van der Waals surface area contributed by atoms with E-state index in [2.05, 4.69) is 52.8 Å². The minimum atomic E-state index is -0.855. The van der Waals surface area contributed by atoms with Crippen molar-refractivity contribution in [2.24, 2.45) is 0 Å². The summed E-state index contributed by atoms with van der Waals surface area (Å²) in [5, 5.41) is 9.07. The van der Waals surface area contributed by atoms with Crippen LogP contribution in [0.5, 0.6) is 0 Å². The predicted octanol–water partition coefficient (Wildman–Crippen LogP) is 4.52. The van der Waals surface area contributed by atoms with Crippen molar-refractivity contribution in [3.05, 3.63) is 41.0 Å². The molecule has 2 nitrogen and oxygen atoms in total. The van der Waals surface area contributed by atoms with Crippen molar-refractivity contribution in [3.8, 4) is 0 Å². The number of allylic oxidation sites excluding steroid dienone is 1. The van der Waals surface area contributed by atoms with E-state index in [1.807, 2.05) is 0 Å². The van der Waals surface area contributed by atoms with Gasteiger partial charge in [-0.1, -0.05) is 52.8 Å². The Bertz CT molecular complexity index is 572. The Morgan fingerprint density at radius 1 is 1.30 bits per heavy atom. The Kier molecular flexibility index (Phi) is 3.53. The minimum Gasteiger partial charge on any atom is -0.478 e. The summed E-state index contributed by atoms with van der Waals surface area (Å²) in [5.41, 5.74) is 4.79. The van der Waals surface area contributed by atoms with Crippen LogP contribution in [0, 0.1) is 0 Å². The maximum atomic E-state index is 11.0. The first kappa shape index (κ1) is 14.8. The van der Waals surface area contributed by atoms with Crippen molar-refractivity contribution < 1.29 is 9.90 Å². The molecule has 2 heteroatoms. The molecule has 1 N–H and O–H groups in total. The first-order valence-corrected chi connectivity index (χ1v) is 7.20. The van der Waals surface area contributed by atoms with Gasteiger partial charge in [0.15, 0.2) is 0 Å². The van der Waals surface area contributed by atoms with E-state index in [9.17, 15) is 4.79 Å². The van der Waals surface area contributed by atoms with Gasteiger partial charge in [0.1, 0.15) is 0 Å². The van der Waals surface area contributed by atoms with E-state index in [1.165, 1.54) is 17.2 Å². The number of rotatable bonds is 1. The average Bonchev–Trinajstić information content (AvgIpc) is 2.31. The van der Waals surface area contributed by atoms with Crippen LogP contribution in [0.2, 0.25) is 0 Å². The van der Waals surface area contributed by atoms with Gasteiger partial charge in [-0.05, 0) is 45.9 Å². The van der Waals surface area contributed by atoms with Gasteiger partial charge in [-0.2, -0.15) is 0 Å². The number of carboxylic acids is 1. The van der Waals surface area contributed by atoms with Gasteiger partial charge in [-0.25, -0.2) is 4.79 Å². The summed E-state index contributed by atoms with van der Waals surface area (Å²) < 4.78 is 0. The first-order chi connectivity index (χ1) is 9.11. The average molecular weight is 272 g/mol. The molecule has 0 radical (unpaired) electrons. The maximum absolute atomic E-state index is 11.0. The van der Waals surface area contributed by atoms with E-state index >= 15 is 0 Å². The first-order valence-electron chi connectivity index (χ1n) is 7.20. The van der Waals surface area contributed by atoms with Crippen LogP contribution in [0.1, 0.15) is 64.2 Å². The highest BCUT2D eigenvalue weighted by Gasteiger charge is 2.31. The summed E-state index contributed by atoms with van der Waals surface area (Å²) in [7, 11) is 0. The lowest BCUT2D eigenvalue weighted by Gasteiger charge is -2.35. The zero-order valence-electron chi connectivity index (χ0n) is 13.1. The standard InChI is InChI=1S/C18H24O2/c1-17(2,3)13-6-7-15-14(11-13)12(10-16(19)20)8-9-18(15,4)5/h6-7,10-11H,8-9H2,1-5H3,(H,19,20)/b12-10+. The number of benzene rings is 1. The monoisotopic (exact) mass is 272 g/mol. The number of carboxylic acid groups (broad SMARTS) is 1. The number of fused-ring (bicyclic) bond motifs is 1. The molecule has 1 aromatic rings. The third kappa shape index (κ3) is 2.79. The third-order valence-electron chi connectivity index (χ3n) is 4.28. The lowest BCUT2D eigenvalue weighted by molar-refractivity contribution is -0.131. The molecule has 0 amide bonds. The van der Waals surface area contributed by atoms with Crippen molar-refractivity contribution in [3.63, 3.8) is 0 Å². The summed E-state index contributed by atoms with van der Waals surface area (Å²) in [4.78, 5) is 11.0. The van der Waals surface area contributed by atoms with Gasteiger partial charge >= 0.3 is 5.97 Å². The second-order valence-electron chi connectivity index (χ2n) is 7.40. The van der Waals surface area contributed by atoms with Gasteiger partial charge in [0, 0.05) is 6.08 Å². The van der Waals surface area contributed by atoms with Gasteiger partial charge in [-0.3, -0.25) is 0 Å².